The summed E-state index contributed by atoms with van der Waals surface area (Å²) in [4.78, 5) is 0. The van der Waals surface area contributed by atoms with Crippen LogP contribution in [-0.4, -0.2) is 14.9 Å². The summed E-state index contributed by atoms with van der Waals surface area (Å²) >= 11 is 5.17. The van der Waals surface area contributed by atoms with E-state index in [2.05, 4.69) is 27.8 Å². The molecule has 0 atom stereocenters. The smallest absolute Gasteiger partial charge is 0.214 e. The zero-order chi connectivity index (χ0) is 16.1. The molecule has 0 saturated heterocycles. The van der Waals surface area contributed by atoms with Crippen molar-refractivity contribution in [3.05, 3.63) is 76.3 Å². The van der Waals surface area contributed by atoms with Crippen LogP contribution in [0.3, 0.4) is 0 Å². The Morgan fingerprint density at radius 1 is 1.13 bits per heavy atom. The average Bonchev–Trinajstić information content (AvgIpc) is 2.91. The van der Waals surface area contributed by atoms with Gasteiger partial charge in [0, 0.05) is 0 Å². The van der Waals surface area contributed by atoms with Gasteiger partial charge in [-0.2, -0.15) is 5.10 Å². The molecule has 0 fully saturated rings. The lowest BCUT2D eigenvalue weighted by Crippen LogP contribution is -2.16. The molecule has 0 radical (unpaired) electrons. The molecule has 1 aromatic heterocycles. The first-order valence-corrected chi connectivity index (χ1v) is 7.77. The summed E-state index contributed by atoms with van der Waals surface area (Å²) in [6.45, 7) is 3.08. The Kier molecular flexibility index (Phi) is 4.73. The Balaban J connectivity index is 1.62. The van der Waals surface area contributed by atoms with E-state index in [1.54, 1.807) is 4.68 Å². The molecule has 1 heterocycles. The van der Waals surface area contributed by atoms with Gasteiger partial charge in [-0.05, 0) is 42.4 Å². The lowest BCUT2D eigenvalue weighted by molar-refractivity contribution is 0.306. The molecule has 0 saturated carbocycles. The quantitative estimate of drug-likeness (QED) is 0.680. The van der Waals surface area contributed by atoms with Crippen LogP contribution in [0.4, 0.5) is 0 Å². The van der Waals surface area contributed by atoms with E-state index in [9.17, 15) is 0 Å². The van der Waals surface area contributed by atoms with E-state index in [1.165, 1.54) is 0 Å². The summed E-state index contributed by atoms with van der Waals surface area (Å²) in [6, 6.07) is 18.1. The van der Waals surface area contributed by atoms with Crippen LogP contribution < -0.4 is 10.2 Å². The van der Waals surface area contributed by atoms with E-state index >= 15 is 0 Å². The molecule has 0 spiro atoms. The summed E-state index contributed by atoms with van der Waals surface area (Å²) in [7, 11) is 0. The highest BCUT2D eigenvalue weighted by molar-refractivity contribution is 7.71. The highest BCUT2D eigenvalue weighted by Gasteiger charge is 2.02. The highest BCUT2D eigenvalue weighted by Crippen LogP contribution is 2.15. The van der Waals surface area contributed by atoms with Crippen LogP contribution in [0.5, 0.6) is 5.75 Å². The van der Waals surface area contributed by atoms with Gasteiger partial charge >= 0.3 is 0 Å². The number of ether oxygens (including phenoxy) is 1. The maximum absolute atomic E-state index is 5.84. The van der Waals surface area contributed by atoms with Gasteiger partial charge in [-0.1, -0.05) is 42.5 Å². The normalized spacial score (nSPS) is 10.5. The van der Waals surface area contributed by atoms with Crippen LogP contribution >= 0.6 is 12.2 Å². The van der Waals surface area contributed by atoms with Crippen molar-refractivity contribution in [3.8, 4) is 5.75 Å². The van der Waals surface area contributed by atoms with E-state index < -0.39 is 0 Å². The minimum atomic E-state index is 0.555. The second-order valence-corrected chi connectivity index (χ2v) is 5.55. The van der Waals surface area contributed by atoms with E-state index in [0.29, 0.717) is 17.9 Å². The Morgan fingerprint density at radius 3 is 2.65 bits per heavy atom. The number of benzene rings is 2. The van der Waals surface area contributed by atoms with Crippen molar-refractivity contribution < 1.29 is 4.74 Å². The third-order valence-electron chi connectivity index (χ3n) is 3.43. The van der Waals surface area contributed by atoms with Crippen LogP contribution in [0.15, 0.2) is 54.6 Å². The molecule has 118 valence electrons. The van der Waals surface area contributed by atoms with Crippen molar-refractivity contribution >= 4 is 12.2 Å². The number of aryl methyl sites for hydroxylation is 1. The third-order valence-corrected chi connectivity index (χ3v) is 3.70. The largest absolute Gasteiger partial charge is 0.489 e. The zero-order valence-electron chi connectivity index (χ0n) is 12.8. The first-order valence-electron chi connectivity index (χ1n) is 7.36. The molecule has 2 aromatic carbocycles. The lowest BCUT2D eigenvalue weighted by Gasteiger charge is -2.10. The van der Waals surface area contributed by atoms with Crippen LogP contribution in [0, 0.1) is 11.7 Å². The molecule has 0 unspecified atom stereocenters. The van der Waals surface area contributed by atoms with Crippen LogP contribution in [0.2, 0.25) is 0 Å². The van der Waals surface area contributed by atoms with Gasteiger partial charge in [0.2, 0.25) is 4.77 Å². The molecule has 0 amide bonds. The van der Waals surface area contributed by atoms with Crippen molar-refractivity contribution in [1.82, 2.24) is 14.9 Å². The number of hydrogen-bond donors (Lipinski definition) is 2. The Labute approximate surface area is 139 Å². The number of H-pyrrole nitrogens is 1. The molecule has 3 aromatic rings. The summed E-state index contributed by atoms with van der Waals surface area (Å²) in [6.07, 6.45) is 0. The van der Waals surface area contributed by atoms with Gasteiger partial charge in [0.1, 0.15) is 18.2 Å². The molecular weight excluding hydrogens is 308 g/mol. The number of rotatable bonds is 6. The third kappa shape index (κ3) is 3.98. The Hall–Kier alpha value is -2.60. The predicted octanol–water partition coefficient (Wildman–Crippen LogP) is 3.57. The van der Waals surface area contributed by atoms with Gasteiger partial charge in [0.15, 0.2) is 0 Å². The first-order chi connectivity index (χ1) is 11.2. The van der Waals surface area contributed by atoms with Crippen LogP contribution in [0.25, 0.3) is 0 Å². The summed E-state index contributed by atoms with van der Waals surface area (Å²) in [5.74, 6) is 1.65. The van der Waals surface area contributed by atoms with Crippen LogP contribution in [-0.2, 0) is 13.2 Å². The van der Waals surface area contributed by atoms with Gasteiger partial charge in [0.25, 0.3) is 0 Å². The van der Waals surface area contributed by atoms with Crippen LogP contribution in [0.1, 0.15) is 17.0 Å². The average molecular weight is 326 g/mol. The van der Waals surface area contributed by atoms with Gasteiger partial charge < -0.3 is 10.2 Å². The van der Waals surface area contributed by atoms with Crippen molar-refractivity contribution in [2.45, 2.75) is 20.1 Å². The molecule has 6 heteroatoms. The maximum atomic E-state index is 5.84. The summed E-state index contributed by atoms with van der Waals surface area (Å²) < 4.78 is 8.15. The molecule has 2 N–H and O–H groups in total. The molecule has 0 aliphatic heterocycles. The minimum Gasteiger partial charge on any atom is -0.489 e. The van der Waals surface area contributed by atoms with Gasteiger partial charge in [0.05, 0.1) is 6.54 Å². The van der Waals surface area contributed by atoms with E-state index in [1.807, 2.05) is 49.4 Å². The second kappa shape index (κ2) is 7.11. The minimum absolute atomic E-state index is 0.555. The van der Waals surface area contributed by atoms with Gasteiger partial charge in [-0.3, -0.25) is 5.10 Å². The second-order valence-electron chi connectivity index (χ2n) is 5.17. The Morgan fingerprint density at radius 2 is 1.91 bits per heavy atom. The monoisotopic (exact) mass is 326 g/mol. The molecule has 0 aliphatic carbocycles. The number of nitrogens with zero attached hydrogens (tertiary/aromatic N) is 2. The number of aromatic amines is 1. The zero-order valence-corrected chi connectivity index (χ0v) is 13.6. The standard InChI is InChI=1S/C17H18N4OS/c1-13-19-20-17(23)21(13)18-11-15-8-5-9-16(10-15)22-12-14-6-3-2-4-7-14/h2-10,18H,11-12H2,1H3,(H,20,23). The number of nitrogens with one attached hydrogen (secondary N) is 2. The van der Waals surface area contributed by atoms with E-state index in [0.717, 1.165) is 22.7 Å². The molecule has 5 nitrogen and oxygen atoms in total. The fourth-order valence-electron chi connectivity index (χ4n) is 2.22. The van der Waals surface area contributed by atoms with E-state index in [4.69, 9.17) is 17.0 Å². The fourth-order valence-corrected chi connectivity index (χ4v) is 2.46. The first kappa shape index (κ1) is 15.3. The summed E-state index contributed by atoms with van der Waals surface area (Å²) in [5.41, 5.74) is 5.50. The number of hydrogen-bond acceptors (Lipinski definition) is 4. The van der Waals surface area contributed by atoms with E-state index in [-0.39, 0.29) is 0 Å². The van der Waals surface area contributed by atoms with Crippen molar-refractivity contribution in [2.75, 3.05) is 5.43 Å². The molecule has 0 aliphatic rings. The van der Waals surface area contributed by atoms with Gasteiger partial charge in [-0.15, -0.1) is 0 Å². The van der Waals surface area contributed by atoms with Crippen molar-refractivity contribution in [1.29, 1.82) is 0 Å². The molecular formula is C17H18N4OS. The lowest BCUT2D eigenvalue weighted by atomic mass is 10.2. The number of aromatic nitrogens is 3. The molecule has 23 heavy (non-hydrogen) atoms. The Bertz CT molecular complexity index is 826. The van der Waals surface area contributed by atoms with Crippen molar-refractivity contribution in [2.24, 2.45) is 0 Å². The maximum Gasteiger partial charge on any atom is 0.214 e. The predicted molar refractivity (Wildman–Crippen MR) is 92.4 cm³/mol. The molecule has 0 bridgehead atoms. The fraction of sp³-hybridized carbons (Fsp3) is 0.176. The van der Waals surface area contributed by atoms with Crippen molar-refractivity contribution in [3.63, 3.8) is 0 Å². The topological polar surface area (TPSA) is 54.9 Å². The SMILES string of the molecule is Cc1n[nH]c(=S)n1NCc1cccc(OCc2ccccc2)c1. The van der Waals surface area contributed by atoms with Gasteiger partial charge in [-0.25, -0.2) is 4.68 Å². The summed E-state index contributed by atoms with van der Waals surface area (Å²) in [5, 5.41) is 6.82. The molecule has 3 rings (SSSR count). The highest BCUT2D eigenvalue weighted by atomic mass is 32.1.